The van der Waals surface area contributed by atoms with Crippen LogP contribution in [-0.2, 0) is 6.42 Å². The average molecular weight is 286 g/mol. The fourth-order valence-corrected chi connectivity index (χ4v) is 4.68. The molecule has 0 saturated heterocycles. The van der Waals surface area contributed by atoms with Crippen LogP contribution in [-0.4, -0.2) is 10.5 Å². The Balaban J connectivity index is 1.79. The van der Waals surface area contributed by atoms with Gasteiger partial charge in [-0.05, 0) is 56.1 Å². The van der Waals surface area contributed by atoms with E-state index in [1.54, 1.807) is 0 Å². The third-order valence-corrected chi connectivity index (χ3v) is 5.86. The summed E-state index contributed by atoms with van der Waals surface area (Å²) in [7, 11) is 0. The summed E-state index contributed by atoms with van der Waals surface area (Å²) in [5.74, 6) is 1.40. The maximum Gasteiger partial charge on any atom is 0.0484 e. The first-order valence-corrected chi connectivity index (χ1v) is 8.95. The second-order valence-corrected chi connectivity index (χ2v) is 7.31. The Morgan fingerprint density at radius 1 is 1.24 bits per heavy atom. The highest BCUT2D eigenvalue weighted by Crippen LogP contribution is 2.44. The maximum absolute atomic E-state index is 6.97. The van der Waals surface area contributed by atoms with Gasteiger partial charge >= 0.3 is 0 Å². The molecule has 0 bridgehead atoms. The molecule has 0 aliphatic heterocycles. The average Bonchev–Trinajstić information content (AvgIpc) is 2.70. The van der Waals surface area contributed by atoms with Gasteiger partial charge in [-0.25, -0.2) is 0 Å². The topological polar surface area (TPSA) is 38.9 Å². The SMILES string of the molecule is CCCC1CCCC(N)(C2CCCc3cccnc32)CC1. The highest BCUT2D eigenvalue weighted by Gasteiger charge is 2.40. The molecule has 1 aromatic rings. The lowest BCUT2D eigenvalue weighted by molar-refractivity contribution is 0.269. The molecule has 0 spiro atoms. The molecule has 0 radical (unpaired) electrons. The summed E-state index contributed by atoms with van der Waals surface area (Å²) < 4.78 is 0. The Morgan fingerprint density at radius 2 is 2.14 bits per heavy atom. The lowest BCUT2D eigenvalue weighted by Gasteiger charge is -2.40. The van der Waals surface area contributed by atoms with Crippen LogP contribution < -0.4 is 5.73 Å². The minimum Gasteiger partial charge on any atom is -0.324 e. The molecule has 0 aromatic carbocycles. The van der Waals surface area contributed by atoms with Gasteiger partial charge in [0, 0.05) is 23.3 Å². The van der Waals surface area contributed by atoms with Crippen molar-refractivity contribution >= 4 is 0 Å². The van der Waals surface area contributed by atoms with E-state index in [1.165, 1.54) is 75.5 Å². The van der Waals surface area contributed by atoms with Gasteiger partial charge in [-0.3, -0.25) is 4.98 Å². The van der Waals surface area contributed by atoms with Gasteiger partial charge in [-0.15, -0.1) is 0 Å². The van der Waals surface area contributed by atoms with Crippen LogP contribution in [0.4, 0.5) is 0 Å². The molecule has 0 amide bonds. The van der Waals surface area contributed by atoms with E-state index >= 15 is 0 Å². The molecular weight excluding hydrogens is 256 g/mol. The number of fused-ring (bicyclic) bond motifs is 1. The van der Waals surface area contributed by atoms with E-state index in [0.29, 0.717) is 5.92 Å². The van der Waals surface area contributed by atoms with Crippen molar-refractivity contribution in [2.75, 3.05) is 0 Å². The van der Waals surface area contributed by atoms with Gasteiger partial charge in [0.05, 0.1) is 0 Å². The van der Waals surface area contributed by atoms with Crippen molar-refractivity contribution in [2.24, 2.45) is 11.7 Å². The van der Waals surface area contributed by atoms with Crippen LogP contribution >= 0.6 is 0 Å². The van der Waals surface area contributed by atoms with Gasteiger partial charge in [-0.1, -0.05) is 38.7 Å². The van der Waals surface area contributed by atoms with E-state index in [4.69, 9.17) is 10.7 Å². The van der Waals surface area contributed by atoms with Crippen LogP contribution in [0.5, 0.6) is 0 Å². The normalized spacial score (nSPS) is 33.2. The lowest BCUT2D eigenvalue weighted by Crippen LogP contribution is -2.46. The third-order valence-electron chi connectivity index (χ3n) is 5.86. The lowest BCUT2D eigenvalue weighted by atomic mass is 9.70. The van der Waals surface area contributed by atoms with Crippen LogP contribution in [0.25, 0.3) is 0 Å². The number of hydrogen-bond acceptors (Lipinski definition) is 2. The number of rotatable bonds is 3. The van der Waals surface area contributed by atoms with Crippen LogP contribution in [0.15, 0.2) is 18.3 Å². The van der Waals surface area contributed by atoms with Gasteiger partial charge in [0.15, 0.2) is 0 Å². The molecule has 3 unspecified atom stereocenters. The summed E-state index contributed by atoms with van der Waals surface area (Å²) in [6.45, 7) is 2.31. The minimum atomic E-state index is -0.00792. The first kappa shape index (κ1) is 15.0. The second-order valence-electron chi connectivity index (χ2n) is 7.31. The van der Waals surface area contributed by atoms with E-state index < -0.39 is 0 Å². The second kappa shape index (κ2) is 6.48. The fraction of sp³-hybridized carbons (Fsp3) is 0.737. The van der Waals surface area contributed by atoms with Crippen molar-refractivity contribution in [1.82, 2.24) is 4.98 Å². The van der Waals surface area contributed by atoms with E-state index in [2.05, 4.69) is 19.1 Å². The highest BCUT2D eigenvalue weighted by atomic mass is 14.8. The number of aromatic nitrogens is 1. The van der Waals surface area contributed by atoms with Crippen LogP contribution in [0, 0.1) is 5.92 Å². The summed E-state index contributed by atoms with van der Waals surface area (Å²) in [4.78, 5) is 4.73. The summed E-state index contributed by atoms with van der Waals surface area (Å²) in [6, 6.07) is 4.34. The quantitative estimate of drug-likeness (QED) is 0.826. The predicted octanol–water partition coefficient (Wildman–Crippen LogP) is 4.58. The summed E-state index contributed by atoms with van der Waals surface area (Å²) in [6.07, 6.45) is 14.8. The zero-order valence-corrected chi connectivity index (χ0v) is 13.5. The van der Waals surface area contributed by atoms with Gasteiger partial charge in [0.1, 0.15) is 0 Å². The molecule has 1 heterocycles. The van der Waals surface area contributed by atoms with Crippen molar-refractivity contribution in [2.45, 2.75) is 82.6 Å². The molecule has 2 aliphatic rings. The Hall–Kier alpha value is -0.890. The number of nitrogens with two attached hydrogens (primary N) is 1. The minimum absolute atomic E-state index is 0.00792. The molecule has 1 saturated carbocycles. The largest absolute Gasteiger partial charge is 0.324 e. The van der Waals surface area contributed by atoms with Crippen molar-refractivity contribution in [3.63, 3.8) is 0 Å². The van der Waals surface area contributed by atoms with Crippen LogP contribution in [0.2, 0.25) is 0 Å². The Bertz CT molecular complexity index is 470. The molecule has 2 nitrogen and oxygen atoms in total. The van der Waals surface area contributed by atoms with Crippen LogP contribution in [0.3, 0.4) is 0 Å². The molecule has 3 rings (SSSR count). The standard InChI is InChI=1S/C19H30N2/c1-2-6-15-7-4-12-19(20,13-11-15)17-10-3-8-16-9-5-14-21-18(16)17/h5,9,14-15,17H,2-4,6-8,10-13,20H2,1H3. The molecule has 1 aromatic heterocycles. The molecule has 116 valence electrons. The van der Waals surface area contributed by atoms with E-state index in [0.717, 1.165) is 5.92 Å². The third kappa shape index (κ3) is 3.15. The number of nitrogens with zero attached hydrogens (tertiary/aromatic N) is 1. The summed E-state index contributed by atoms with van der Waals surface area (Å²) in [5.41, 5.74) is 9.73. The zero-order chi connectivity index (χ0) is 14.7. The molecule has 1 fully saturated rings. The van der Waals surface area contributed by atoms with Crippen molar-refractivity contribution in [1.29, 1.82) is 0 Å². The molecular formula is C19H30N2. The van der Waals surface area contributed by atoms with Crippen molar-refractivity contribution < 1.29 is 0 Å². The monoisotopic (exact) mass is 286 g/mol. The predicted molar refractivity (Wildman–Crippen MR) is 88.3 cm³/mol. The number of hydrogen-bond donors (Lipinski definition) is 1. The van der Waals surface area contributed by atoms with Gasteiger partial charge in [-0.2, -0.15) is 0 Å². The van der Waals surface area contributed by atoms with E-state index in [1.807, 2.05) is 6.20 Å². The van der Waals surface area contributed by atoms with E-state index in [-0.39, 0.29) is 5.54 Å². The smallest absolute Gasteiger partial charge is 0.0484 e. The Morgan fingerprint density at radius 3 is 3.00 bits per heavy atom. The van der Waals surface area contributed by atoms with Gasteiger partial charge in [0.25, 0.3) is 0 Å². The molecule has 2 N–H and O–H groups in total. The fourth-order valence-electron chi connectivity index (χ4n) is 4.68. The first-order valence-electron chi connectivity index (χ1n) is 8.95. The van der Waals surface area contributed by atoms with Gasteiger partial charge < -0.3 is 5.73 Å². The maximum atomic E-state index is 6.97. The zero-order valence-electron chi connectivity index (χ0n) is 13.5. The van der Waals surface area contributed by atoms with Crippen molar-refractivity contribution in [3.05, 3.63) is 29.6 Å². The summed E-state index contributed by atoms with van der Waals surface area (Å²) >= 11 is 0. The van der Waals surface area contributed by atoms with Gasteiger partial charge in [0.2, 0.25) is 0 Å². The van der Waals surface area contributed by atoms with Crippen molar-refractivity contribution in [3.8, 4) is 0 Å². The number of aryl methyl sites for hydroxylation is 1. The number of pyridine rings is 1. The molecule has 3 atom stereocenters. The highest BCUT2D eigenvalue weighted by molar-refractivity contribution is 5.29. The first-order chi connectivity index (χ1) is 10.2. The Labute approximate surface area is 129 Å². The Kier molecular flexibility index (Phi) is 4.63. The molecule has 21 heavy (non-hydrogen) atoms. The molecule has 2 aliphatic carbocycles. The summed E-state index contributed by atoms with van der Waals surface area (Å²) in [5, 5.41) is 0. The van der Waals surface area contributed by atoms with E-state index in [9.17, 15) is 0 Å². The molecule has 2 heteroatoms. The van der Waals surface area contributed by atoms with Crippen LogP contribution in [0.1, 0.15) is 81.9 Å².